The molecule has 6 N–H and O–H groups in total. The van der Waals surface area contributed by atoms with E-state index in [1.807, 2.05) is 27.7 Å². The average molecular weight is 2030 g/mol. The fourth-order valence-electron chi connectivity index (χ4n) is 18.4. The van der Waals surface area contributed by atoms with Crippen LogP contribution in [0.25, 0.3) is 0 Å². The van der Waals surface area contributed by atoms with Gasteiger partial charge in [-0.1, -0.05) is 103 Å². The molecular formula is C117H180N6O18. The molecule has 141 heavy (non-hydrogen) atoms. The van der Waals surface area contributed by atoms with Crippen LogP contribution in [0.4, 0.5) is 0 Å². The third-order valence-corrected chi connectivity index (χ3v) is 24.6. The van der Waals surface area contributed by atoms with Gasteiger partial charge in [-0.05, 0) is 324 Å². The van der Waals surface area contributed by atoms with Crippen molar-refractivity contribution in [3.8, 4) is 69.0 Å². The van der Waals surface area contributed by atoms with Gasteiger partial charge in [-0.15, -0.1) is 0 Å². The van der Waals surface area contributed by atoms with E-state index >= 15 is 0 Å². The molecule has 0 saturated carbocycles. The summed E-state index contributed by atoms with van der Waals surface area (Å²) < 4.78 is 657. The van der Waals surface area contributed by atoms with Gasteiger partial charge >= 0.3 is 0 Å². The van der Waals surface area contributed by atoms with Gasteiger partial charge in [0.1, 0.15) is 0 Å². The molecule has 0 bridgehead atoms. The largest absolute Gasteiger partial charge is 0.493 e. The topological polar surface area (TPSA) is 252 Å². The van der Waals surface area contributed by atoms with Crippen molar-refractivity contribution >= 4 is 0 Å². The first-order valence-corrected chi connectivity index (χ1v) is 46.2. The molecule has 12 aliphatic heterocycles. The lowest BCUT2D eigenvalue weighted by Gasteiger charge is -2.47. The van der Waals surface area contributed by atoms with Crippen molar-refractivity contribution in [1.82, 2.24) is 29.4 Å². The van der Waals surface area contributed by atoms with E-state index in [4.69, 9.17) is 146 Å². The normalized spacial score (nSPS) is 46.0. The summed E-state index contributed by atoms with van der Waals surface area (Å²) in [5, 5.41) is 67.4. The summed E-state index contributed by atoms with van der Waals surface area (Å²) in [6.07, 6.45) is -45.8. The minimum absolute atomic E-state index is 0.000599. The average Bonchev–Trinajstić information content (AvgIpc) is 0.659. The quantitative estimate of drug-likeness (QED) is 0.0392. The first-order chi connectivity index (χ1) is 95.0. The third-order valence-electron chi connectivity index (χ3n) is 24.6. The van der Waals surface area contributed by atoms with E-state index in [1.54, 1.807) is 13.8 Å². The summed E-state index contributed by atoms with van der Waals surface area (Å²) >= 11 is 0. The highest BCUT2D eigenvalue weighted by Gasteiger charge is 2.47. The molecule has 6 aromatic carbocycles. The van der Waals surface area contributed by atoms with E-state index in [1.165, 1.54) is 69.4 Å². The Kier molecular flexibility index (Phi) is 17.1. The molecular weight excluding hydrogens is 1780 g/mol. The molecule has 12 aliphatic rings. The number of hydrogen-bond acceptors (Lipinski definition) is 24. The van der Waals surface area contributed by atoms with E-state index in [-0.39, 0.29) is 272 Å². The molecule has 786 valence electrons. The van der Waals surface area contributed by atoms with Crippen LogP contribution >= 0.6 is 0 Å². The van der Waals surface area contributed by atoms with Crippen LogP contribution in [0.1, 0.15) is 380 Å². The van der Waals surface area contributed by atoms with Crippen LogP contribution < -0.4 is 56.8 Å². The van der Waals surface area contributed by atoms with E-state index in [2.05, 4.69) is 0 Å². The van der Waals surface area contributed by atoms with Crippen LogP contribution in [-0.2, 0) is 38.5 Å². The van der Waals surface area contributed by atoms with Crippen LogP contribution in [0, 0.1) is 69.4 Å². The summed E-state index contributed by atoms with van der Waals surface area (Å²) in [5.74, 6) is -18.4. The van der Waals surface area contributed by atoms with Gasteiger partial charge in [0.25, 0.3) is 0 Å². The molecule has 0 radical (unpaired) electrons. The van der Waals surface area contributed by atoms with Gasteiger partial charge in [0.05, 0.1) is 165 Å². The van der Waals surface area contributed by atoms with Crippen LogP contribution in [0.2, 0.25) is 0 Å². The fraction of sp³-hybridized carbons (Fsp3) is 0.692. The Labute approximate surface area is 946 Å². The van der Waals surface area contributed by atoms with Crippen molar-refractivity contribution in [3.05, 3.63) is 139 Å². The summed E-state index contributed by atoms with van der Waals surface area (Å²) in [6, 6.07) is -20.2. The first kappa shape index (κ1) is 50.0. The maximum absolute atomic E-state index is 11.5. The zero-order valence-electron chi connectivity index (χ0n) is 154. The van der Waals surface area contributed by atoms with Gasteiger partial charge in [-0.25, -0.2) is 0 Å². The number of hydrogen-bond donors (Lipinski definition) is 6. The van der Waals surface area contributed by atoms with Gasteiger partial charge in [-0.3, -0.25) is 29.4 Å². The molecule has 18 rings (SSSR count). The molecule has 6 aromatic rings. The smallest absolute Gasteiger partial charge is 0.161 e. The lowest BCUT2D eigenvalue weighted by molar-refractivity contribution is -0.0259. The van der Waals surface area contributed by atoms with Gasteiger partial charge in [-0.2, -0.15) is 0 Å². The second-order valence-corrected chi connectivity index (χ2v) is 37.0. The number of benzene rings is 6. The highest BCUT2D eigenvalue weighted by atomic mass is 16.5. The van der Waals surface area contributed by atoms with Gasteiger partial charge < -0.3 is 87.5 Å². The molecule has 0 amide bonds. The summed E-state index contributed by atoms with van der Waals surface area (Å²) in [4.78, 5) is 7.19. The Morgan fingerprint density at radius 1 is 0.305 bits per heavy atom. The highest BCUT2D eigenvalue weighted by molar-refractivity contribution is 5.55. The van der Waals surface area contributed by atoms with Crippen molar-refractivity contribution in [2.45, 2.75) is 291 Å². The predicted molar refractivity (Wildman–Crippen MR) is 561 cm³/mol. The van der Waals surface area contributed by atoms with E-state index < -0.39 is 334 Å². The van der Waals surface area contributed by atoms with E-state index in [0.29, 0.717) is 13.8 Å². The molecule has 12 heterocycles. The maximum Gasteiger partial charge on any atom is 0.161 e. The lowest BCUT2D eigenvalue weighted by Crippen LogP contribution is -2.48. The van der Waals surface area contributed by atoms with Crippen molar-refractivity contribution in [2.24, 2.45) is 69.4 Å². The molecule has 0 aromatic heterocycles. The molecule has 18 atom stereocenters. The number of aliphatic hydroxyl groups excluding tert-OH is 1. The van der Waals surface area contributed by atoms with Crippen LogP contribution in [-0.4, -0.2) is 260 Å². The summed E-state index contributed by atoms with van der Waals surface area (Å²) in [7, 11) is 1.87. The van der Waals surface area contributed by atoms with Gasteiger partial charge in [0.2, 0.25) is 0 Å². The predicted octanol–water partition coefficient (Wildman–Crippen LogP) is 19.3. The van der Waals surface area contributed by atoms with E-state index in [9.17, 15) is 38.9 Å². The SMILES string of the molecule is [2H]c1c2c(c([2H])c(OC([2H])([2H])[2H])c1OC)C1([2H])CC(O)C(C([2H])([2H])C(C)(C([2H])([2H])[2H])C([2H])([2H])[2H])CN1CC2.[2H]c1c2c(c([2H])c(OC([2H])([2H])[2H])c1OC)C1([2H])N(CC2)CC([2H])(C([2H])([2H])C(C)(C([2H])([2H])[2H])C([2H])([2H])[2H])C([2H])(O)C1([2H])[2H].[2H]c1c2c(c([2H])c(OC([2H])([2H])[2H])c1OC)C1([2H])N(CC2)CC([2H])(CC(C)C)C([2H])(O)C1([2H])[2H].[2H]c1c2c(c([2H])c(OC)c1OC)C1([2H])N(CC2)CC([2H])(C([2H])([2H])C(C)(C([2H])([2H])[2H])C([2H])([2H])[2H])C([2H])(O)C1([2H])[2H].[2H]c1c2c(c([2H])c(OC)c1OC)C1([2H])N(CC2)CC([2H])(CC(C)C)C([2H])(O)C1([2H])[2H].[2H]c1c2c(c([2H])c(OC)c1OC)C1([2H])N(CC2)CC([2H])(CC(C)C)C([2H])(O)C1([2H])[2H]. The fourth-order valence-corrected chi connectivity index (χ4v) is 18.4. The van der Waals surface area contributed by atoms with Crippen molar-refractivity contribution in [2.75, 3.05) is 164 Å². The molecule has 24 nitrogen and oxygen atoms in total. The summed E-state index contributed by atoms with van der Waals surface area (Å²) in [6.45, 7) is -12.2. The Balaban J connectivity index is 0.000000204. The minimum Gasteiger partial charge on any atom is -0.493 e. The minimum atomic E-state index is -4.08. The van der Waals surface area contributed by atoms with Crippen LogP contribution in [0.15, 0.2) is 72.5 Å². The number of methoxy groups -OCH3 is 12. The van der Waals surface area contributed by atoms with Gasteiger partial charge in [0, 0.05) is 168 Å². The molecule has 0 aliphatic carbocycles. The Morgan fingerprint density at radius 2 is 0.504 bits per heavy atom. The standard InChI is InChI=1S/3C20H31NO3.3C19H29NO3/c3*1-20(2,3)11-14-12-21-7-6-13-8-18(23-4)19(24-5)9-15(13)16(21)10-17(14)22;3*1-12(2)7-14-11-20-6-5-13-8-18(22-3)19(23-4)9-15(13)16(20)10-17(14)21/h3*8-9,14,16-17,22H,6-7,10-12H2,1-5H3;3*8-9,12,14,16-17,21H,5-7,10-11H2,1-4H3/i1D3,2D3,5D3,8D,9D,10D2,11D2,14D,16D,17D;1D3,2D3,8D,9D,10D2,11D2,14D,16D,17D;1D3,2D3,5D3,8D,9D,11D2,16D;4D3,8D,9D,10D2,14D,16D,17D;2*8D,9D,10D2,14D,16D,17D. The molecule has 6 fully saturated rings. The second-order valence-electron chi connectivity index (χ2n) is 37.0. The maximum atomic E-state index is 11.5. The number of ether oxygens (including phenoxy) is 12. The number of aliphatic hydroxyl groups is 6. The highest BCUT2D eigenvalue weighted by Crippen LogP contribution is 2.53. The second kappa shape index (κ2) is 48.4. The number of piperidine rings is 6. The van der Waals surface area contributed by atoms with Crippen LogP contribution in [0.5, 0.6) is 69.0 Å². The number of fused-ring (bicyclic) bond motifs is 18. The zero-order valence-corrected chi connectivity index (χ0v) is 82.7. The zero-order chi connectivity index (χ0) is 164. The Morgan fingerprint density at radius 3 is 0.723 bits per heavy atom. The number of rotatable bonds is 21. The molecule has 6 saturated heterocycles. The monoisotopic (exact) mass is 2030 g/mol. The third kappa shape index (κ3) is 26.9. The Bertz CT molecular complexity index is 8500. The van der Waals surface area contributed by atoms with Crippen molar-refractivity contribution in [1.29, 1.82) is 0 Å². The van der Waals surface area contributed by atoms with Gasteiger partial charge in [0.15, 0.2) is 69.0 Å². The Hall–Kier alpha value is -7.56. The molecule has 18 unspecified atom stereocenters. The van der Waals surface area contributed by atoms with E-state index in [0.717, 1.165) is 30.9 Å². The number of nitrogens with zero attached hydrogens (tertiary/aromatic N) is 6. The molecule has 24 heteroatoms. The first-order valence-electron chi connectivity index (χ1n) is 81.7. The lowest BCUT2D eigenvalue weighted by atomic mass is 9.75. The van der Waals surface area contributed by atoms with Crippen molar-refractivity contribution in [3.63, 3.8) is 0 Å². The molecule has 0 spiro atoms. The van der Waals surface area contributed by atoms with Crippen LogP contribution in [0.3, 0.4) is 0 Å². The van der Waals surface area contributed by atoms with Crippen molar-refractivity contribution < 1.29 is 185 Å². The summed E-state index contributed by atoms with van der Waals surface area (Å²) in [5.41, 5.74) is -10.9.